The van der Waals surface area contributed by atoms with Crippen LogP contribution in [-0.2, 0) is 0 Å². The van der Waals surface area contributed by atoms with Crippen molar-refractivity contribution in [2.24, 2.45) is 21.7 Å². The van der Waals surface area contributed by atoms with Gasteiger partial charge in [-0.2, -0.15) is 25.3 Å². The third-order valence-corrected chi connectivity index (χ3v) is 7.99. The molecule has 0 rings (SSSR count). The van der Waals surface area contributed by atoms with E-state index < -0.39 is 0 Å². The van der Waals surface area contributed by atoms with Crippen molar-refractivity contribution in [2.75, 3.05) is 0 Å². The Morgan fingerprint density at radius 1 is 0.559 bits per heavy atom. The SMILES string of the molecule is CC(C)(C)[N-]C(C(S)C(C)(C)C)C(C)(C)C.[CH2-]N(C(C(S)C(C)(C)C)C(C)(C)C)C(C)(C)C.[U+2]. The van der Waals surface area contributed by atoms with E-state index in [2.05, 4.69) is 137 Å². The molecule has 0 aliphatic heterocycles. The maximum absolute atomic E-state index is 4.97. The normalized spacial score (nSPS) is 17.8. The minimum Gasteiger partial charge on any atom is -0.653 e. The standard InChI is InChI=1S/C15H32NS.C14H30NS.U/c1-13(2,3)11(12(17)14(4,5)6)16(10)15(7,8)9;1-12(2,3)10(15-14(7,8)9)11(16)13(4,5)6;/h11-12,17H,10H2,1-9H3;10-11,16H,1-9H3;/q2*-1;+2. The minimum absolute atomic E-state index is 0. The molecule has 4 unspecified atom stereocenters. The summed E-state index contributed by atoms with van der Waals surface area (Å²) in [6.07, 6.45) is 0. The van der Waals surface area contributed by atoms with Crippen LogP contribution >= 0.6 is 25.3 Å². The van der Waals surface area contributed by atoms with E-state index in [1.54, 1.807) is 0 Å². The second-order valence-corrected chi connectivity index (χ2v) is 17.3. The quantitative estimate of drug-likeness (QED) is 0.217. The fraction of sp³-hybridized carbons (Fsp3) is 0.966. The molecular formula is C29H62N2S2U. The largest absolute Gasteiger partial charge is 2.00 e. The molecular weight excluding hydrogens is 678 g/mol. The maximum atomic E-state index is 4.97. The third-order valence-electron chi connectivity index (χ3n) is 5.87. The van der Waals surface area contributed by atoms with Crippen LogP contribution in [0.15, 0.2) is 0 Å². The Labute approximate surface area is 251 Å². The molecule has 0 N–H and O–H groups in total. The molecule has 0 aromatic heterocycles. The summed E-state index contributed by atoms with van der Waals surface area (Å²) in [5, 5.41) is 5.55. The number of hydrogen-bond acceptors (Lipinski definition) is 3. The maximum Gasteiger partial charge on any atom is 2.00 e. The fourth-order valence-electron chi connectivity index (χ4n) is 3.63. The summed E-state index contributed by atoms with van der Waals surface area (Å²) in [6.45, 7) is 40.2. The van der Waals surface area contributed by atoms with E-state index in [4.69, 9.17) is 30.6 Å². The smallest absolute Gasteiger partial charge is 0.653 e. The van der Waals surface area contributed by atoms with Gasteiger partial charge in [0, 0.05) is 5.25 Å². The van der Waals surface area contributed by atoms with Crippen LogP contribution in [0.3, 0.4) is 0 Å². The van der Waals surface area contributed by atoms with Gasteiger partial charge in [0.15, 0.2) is 0 Å². The van der Waals surface area contributed by atoms with Gasteiger partial charge >= 0.3 is 31.1 Å². The summed E-state index contributed by atoms with van der Waals surface area (Å²) in [6, 6.07) is 0.613. The molecule has 0 radical (unpaired) electrons. The van der Waals surface area contributed by atoms with Crippen molar-refractivity contribution in [2.45, 2.75) is 158 Å². The van der Waals surface area contributed by atoms with E-state index in [0.717, 1.165) is 0 Å². The molecule has 0 spiro atoms. The second kappa shape index (κ2) is 13.6. The molecule has 2 nitrogen and oxygen atoms in total. The first kappa shape index (κ1) is 40.2. The zero-order chi connectivity index (χ0) is 27.6. The second-order valence-electron chi connectivity index (χ2n) is 16.2. The molecule has 0 saturated carbocycles. The molecule has 204 valence electrons. The van der Waals surface area contributed by atoms with Crippen LogP contribution in [0.1, 0.15) is 125 Å². The van der Waals surface area contributed by atoms with Gasteiger partial charge in [-0.05, 0) is 53.8 Å². The molecule has 0 saturated heterocycles. The average molecular weight is 741 g/mol. The van der Waals surface area contributed by atoms with Crippen molar-refractivity contribution < 1.29 is 31.1 Å². The van der Waals surface area contributed by atoms with Crippen molar-refractivity contribution in [1.29, 1.82) is 0 Å². The van der Waals surface area contributed by atoms with Crippen molar-refractivity contribution >= 4 is 25.3 Å². The molecule has 4 atom stereocenters. The first-order valence-electron chi connectivity index (χ1n) is 12.6. The van der Waals surface area contributed by atoms with E-state index in [-0.39, 0.29) is 75.1 Å². The zero-order valence-electron chi connectivity index (χ0n) is 26.3. The van der Waals surface area contributed by atoms with Gasteiger partial charge in [0.1, 0.15) is 0 Å². The average Bonchev–Trinajstić information content (AvgIpc) is 2.46. The summed E-state index contributed by atoms with van der Waals surface area (Å²) in [5.41, 5.74) is 0.730. The third kappa shape index (κ3) is 15.2. The Kier molecular flexibility index (Phi) is 16.1. The Balaban J connectivity index is -0.000000550. The zero-order valence-corrected chi connectivity index (χ0v) is 32.3. The van der Waals surface area contributed by atoms with E-state index in [0.29, 0.717) is 11.3 Å². The molecule has 5 heteroatoms. The summed E-state index contributed by atoms with van der Waals surface area (Å²) in [4.78, 5) is 2.23. The van der Waals surface area contributed by atoms with Gasteiger partial charge in [-0.15, -0.1) is 11.6 Å². The molecule has 0 fully saturated rings. The molecule has 0 aromatic rings. The van der Waals surface area contributed by atoms with E-state index in [1.165, 1.54) is 0 Å². The van der Waals surface area contributed by atoms with Gasteiger partial charge in [0.05, 0.1) is 0 Å². The van der Waals surface area contributed by atoms with Gasteiger partial charge in [-0.1, -0.05) is 109 Å². The number of thiol groups is 2. The van der Waals surface area contributed by atoms with Crippen LogP contribution in [0.25, 0.3) is 5.32 Å². The topological polar surface area (TPSA) is 17.3 Å². The number of hydrogen-bond donors (Lipinski definition) is 2. The van der Waals surface area contributed by atoms with Gasteiger partial charge < -0.3 is 10.2 Å². The van der Waals surface area contributed by atoms with Crippen molar-refractivity contribution in [3.8, 4) is 0 Å². The molecule has 0 heterocycles. The van der Waals surface area contributed by atoms with Crippen molar-refractivity contribution in [1.82, 2.24) is 4.90 Å². The van der Waals surface area contributed by atoms with Crippen molar-refractivity contribution in [3.63, 3.8) is 0 Å². The molecule has 0 bridgehead atoms. The van der Waals surface area contributed by atoms with Crippen LogP contribution in [0.5, 0.6) is 0 Å². The van der Waals surface area contributed by atoms with Crippen LogP contribution in [-0.4, -0.2) is 38.6 Å². The molecule has 0 aliphatic rings. The Morgan fingerprint density at radius 3 is 1.06 bits per heavy atom. The summed E-state index contributed by atoms with van der Waals surface area (Å²) >= 11 is 9.71. The van der Waals surface area contributed by atoms with E-state index in [1.807, 2.05) is 0 Å². The summed E-state index contributed by atoms with van der Waals surface area (Å²) in [5.74, 6) is 0. The first-order chi connectivity index (χ1) is 13.9. The van der Waals surface area contributed by atoms with Crippen LogP contribution in [0, 0.1) is 59.8 Å². The fourth-order valence-corrected chi connectivity index (χ4v) is 4.75. The Hall–Kier alpha value is 1.67. The number of rotatable bonds is 4. The minimum atomic E-state index is 0. The van der Waals surface area contributed by atoms with Gasteiger partial charge in [0.2, 0.25) is 0 Å². The van der Waals surface area contributed by atoms with Crippen LogP contribution < -0.4 is 0 Å². The Bertz CT molecular complexity index is 544. The van der Waals surface area contributed by atoms with Gasteiger partial charge in [0.25, 0.3) is 0 Å². The summed E-state index contributed by atoms with van der Waals surface area (Å²) < 4.78 is 0. The molecule has 0 aromatic carbocycles. The monoisotopic (exact) mass is 740 g/mol. The number of nitrogens with zero attached hydrogens (tertiary/aromatic N) is 2. The van der Waals surface area contributed by atoms with Crippen LogP contribution in [0.2, 0.25) is 0 Å². The van der Waals surface area contributed by atoms with Crippen molar-refractivity contribution in [3.05, 3.63) is 12.4 Å². The molecule has 34 heavy (non-hydrogen) atoms. The predicted octanol–water partition coefficient (Wildman–Crippen LogP) is 9.56. The molecule has 0 amide bonds. The molecule has 0 aliphatic carbocycles. The summed E-state index contributed by atoms with van der Waals surface area (Å²) in [7, 11) is 4.30. The van der Waals surface area contributed by atoms with E-state index >= 15 is 0 Å². The van der Waals surface area contributed by atoms with Gasteiger partial charge in [-0.25, -0.2) is 0 Å². The van der Waals surface area contributed by atoms with Gasteiger partial charge in [-0.3, -0.25) is 7.05 Å². The van der Waals surface area contributed by atoms with E-state index in [9.17, 15) is 0 Å². The Morgan fingerprint density at radius 2 is 0.882 bits per heavy atom. The predicted molar refractivity (Wildman–Crippen MR) is 161 cm³/mol. The van der Waals surface area contributed by atoms with Crippen LogP contribution in [0.4, 0.5) is 0 Å². The first-order valence-corrected chi connectivity index (χ1v) is 13.7.